The van der Waals surface area contributed by atoms with Gasteiger partial charge in [-0.05, 0) is 61.1 Å². The lowest BCUT2D eigenvalue weighted by Gasteiger charge is -2.39. The van der Waals surface area contributed by atoms with Gasteiger partial charge in [-0.15, -0.1) is 0 Å². The molecule has 0 spiro atoms. The fourth-order valence-electron chi connectivity index (χ4n) is 2.98. The third-order valence-electron chi connectivity index (χ3n) is 4.35. The molecule has 0 heterocycles. The van der Waals surface area contributed by atoms with Crippen molar-refractivity contribution in [3.63, 3.8) is 0 Å². The Kier molecular flexibility index (Phi) is 3.32. The van der Waals surface area contributed by atoms with Crippen LogP contribution in [0.4, 0.5) is 4.39 Å². The van der Waals surface area contributed by atoms with Crippen LogP contribution in [0.3, 0.4) is 0 Å². The zero-order valence-electron chi connectivity index (χ0n) is 10.3. The maximum Gasteiger partial charge on any atom is 0.123 e. The molecule has 16 heavy (non-hydrogen) atoms. The van der Waals surface area contributed by atoms with E-state index in [1.165, 1.54) is 37.3 Å². The monoisotopic (exact) mass is 220 g/mol. The minimum absolute atomic E-state index is 0.0936. The molecule has 0 aromatic heterocycles. The van der Waals surface area contributed by atoms with Crippen molar-refractivity contribution in [2.45, 2.75) is 51.4 Å². The highest BCUT2D eigenvalue weighted by Crippen LogP contribution is 2.43. The number of halogens is 1. The average Bonchev–Trinajstić information content (AvgIpc) is 2.31. The summed E-state index contributed by atoms with van der Waals surface area (Å²) in [4.78, 5) is 0. The molecule has 0 radical (unpaired) electrons. The van der Waals surface area contributed by atoms with Crippen molar-refractivity contribution in [3.05, 3.63) is 35.6 Å². The third kappa shape index (κ3) is 2.14. The molecule has 2 rings (SSSR count). The highest BCUT2D eigenvalue weighted by molar-refractivity contribution is 5.26. The van der Waals surface area contributed by atoms with E-state index < -0.39 is 0 Å². The molecule has 88 valence electrons. The van der Waals surface area contributed by atoms with Gasteiger partial charge < -0.3 is 0 Å². The fourth-order valence-corrected chi connectivity index (χ4v) is 2.98. The van der Waals surface area contributed by atoms with Crippen molar-refractivity contribution in [2.24, 2.45) is 5.92 Å². The second-order valence-electron chi connectivity index (χ2n) is 5.33. The van der Waals surface area contributed by atoms with Crippen molar-refractivity contribution in [3.8, 4) is 0 Å². The Bertz CT molecular complexity index is 348. The summed E-state index contributed by atoms with van der Waals surface area (Å²) in [7, 11) is 0. The van der Waals surface area contributed by atoms with Gasteiger partial charge in [0, 0.05) is 0 Å². The van der Waals surface area contributed by atoms with Gasteiger partial charge >= 0.3 is 0 Å². The van der Waals surface area contributed by atoms with E-state index >= 15 is 0 Å². The van der Waals surface area contributed by atoms with Crippen LogP contribution in [0.2, 0.25) is 0 Å². The van der Waals surface area contributed by atoms with Crippen LogP contribution in [-0.2, 0) is 5.41 Å². The summed E-state index contributed by atoms with van der Waals surface area (Å²) in [6, 6.07) is 7.22. The first kappa shape index (κ1) is 11.6. The van der Waals surface area contributed by atoms with Crippen LogP contribution < -0.4 is 0 Å². The zero-order valence-corrected chi connectivity index (χ0v) is 10.3. The summed E-state index contributed by atoms with van der Waals surface area (Å²) in [5.74, 6) is 0.747. The van der Waals surface area contributed by atoms with Crippen LogP contribution in [0.15, 0.2) is 24.3 Å². The average molecular weight is 220 g/mol. The standard InChI is InChI=1S/C15H21F/c1-3-15(9-7-12(2)8-10-15)13-5-4-6-14(16)11-13/h4-6,11-12H,3,7-10H2,1-2H3. The van der Waals surface area contributed by atoms with Crippen LogP contribution >= 0.6 is 0 Å². The van der Waals surface area contributed by atoms with Gasteiger partial charge in [0.15, 0.2) is 0 Å². The smallest absolute Gasteiger partial charge is 0.123 e. The highest BCUT2D eigenvalue weighted by Gasteiger charge is 2.34. The van der Waals surface area contributed by atoms with Crippen molar-refractivity contribution < 1.29 is 4.39 Å². The Balaban J connectivity index is 2.28. The molecule has 0 bridgehead atoms. The number of rotatable bonds is 2. The topological polar surface area (TPSA) is 0 Å². The van der Waals surface area contributed by atoms with Gasteiger partial charge in [0.25, 0.3) is 0 Å². The summed E-state index contributed by atoms with van der Waals surface area (Å²) in [6.07, 6.45) is 6.13. The van der Waals surface area contributed by atoms with Gasteiger partial charge in [-0.3, -0.25) is 0 Å². The molecule has 0 atom stereocenters. The van der Waals surface area contributed by atoms with Gasteiger partial charge in [0.05, 0.1) is 0 Å². The predicted molar refractivity (Wildman–Crippen MR) is 66.0 cm³/mol. The second kappa shape index (κ2) is 4.57. The van der Waals surface area contributed by atoms with E-state index in [0.717, 1.165) is 12.3 Å². The van der Waals surface area contributed by atoms with Crippen LogP contribution in [-0.4, -0.2) is 0 Å². The molecule has 0 N–H and O–H groups in total. The van der Waals surface area contributed by atoms with Gasteiger partial charge in [-0.1, -0.05) is 26.0 Å². The summed E-state index contributed by atoms with van der Waals surface area (Å²) in [6.45, 7) is 4.56. The molecule has 1 fully saturated rings. The summed E-state index contributed by atoms with van der Waals surface area (Å²) >= 11 is 0. The number of benzene rings is 1. The van der Waals surface area contributed by atoms with E-state index in [1.54, 1.807) is 6.07 Å². The van der Waals surface area contributed by atoms with Crippen LogP contribution in [0.25, 0.3) is 0 Å². The number of hydrogen-bond acceptors (Lipinski definition) is 0. The summed E-state index contributed by atoms with van der Waals surface area (Å²) in [5, 5.41) is 0. The normalized spacial score (nSPS) is 30.3. The summed E-state index contributed by atoms with van der Waals surface area (Å²) < 4.78 is 13.3. The Morgan fingerprint density at radius 2 is 2.00 bits per heavy atom. The van der Waals surface area contributed by atoms with E-state index in [4.69, 9.17) is 0 Å². The molecule has 0 aliphatic heterocycles. The van der Waals surface area contributed by atoms with Gasteiger partial charge in [-0.25, -0.2) is 4.39 Å². The SMILES string of the molecule is CCC1(c2cccc(F)c2)CCC(C)CC1. The molecule has 0 amide bonds. The van der Waals surface area contributed by atoms with Gasteiger partial charge in [-0.2, -0.15) is 0 Å². The van der Waals surface area contributed by atoms with E-state index in [2.05, 4.69) is 19.9 Å². The minimum atomic E-state index is -0.0936. The lowest BCUT2D eigenvalue weighted by molar-refractivity contribution is 0.234. The molecular formula is C15H21F. The van der Waals surface area contributed by atoms with Crippen molar-refractivity contribution in [1.29, 1.82) is 0 Å². The minimum Gasteiger partial charge on any atom is -0.207 e. The molecule has 1 aliphatic rings. The lowest BCUT2D eigenvalue weighted by atomic mass is 9.65. The molecule has 1 saturated carbocycles. The highest BCUT2D eigenvalue weighted by atomic mass is 19.1. The maximum atomic E-state index is 13.3. The Morgan fingerprint density at radius 1 is 1.31 bits per heavy atom. The summed E-state index contributed by atoms with van der Waals surface area (Å²) in [5.41, 5.74) is 1.45. The Hall–Kier alpha value is -0.850. The molecule has 1 aliphatic carbocycles. The van der Waals surface area contributed by atoms with Crippen LogP contribution in [0.1, 0.15) is 51.5 Å². The molecule has 0 unspecified atom stereocenters. The van der Waals surface area contributed by atoms with Gasteiger partial charge in [0.2, 0.25) is 0 Å². The van der Waals surface area contributed by atoms with E-state index in [1.807, 2.05) is 6.07 Å². The second-order valence-corrected chi connectivity index (χ2v) is 5.33. The quantitative estimate of drug-likeness (QED) is 0.678. The Labute approximate surface area is 97.9 Å². The molecule has 1 aromatic carbocycles. The maximum absolute atomic E-state index is 13.3. The molecule has 1 aromatic rings. The van der Waals surface area contributed by atoms with E-state index in [0.29, 0.717) is 0 Å². The van der Waals surface area contributed by atoms with Crippen molar-refractivity contribution >= 4 is 0 Å². The first-order valence-electron chi connectivity index (χ1n) is 6.42. The molecular weight excluding hydrogens is 199 g/mol. The predicted octanol–water partition coefficient (Wildman–Crippen LogP) is 4.68. The van der Waals surface area contributed by atoms with Crippen molar-refractivity contribution in [1.82, 2.24) is 0 Å². The molecule has 0 nitrogen and oxygen atoms in total. The van der Waals surface area contributed by atoms with Crippen LogP contribution in [0.5, 0.6) is 0 Å². The van der Waals surface area contributed by atoms with E-state index in [9.17, 15) is 4.39 Å². The molecule has 1 heteroatoms. The largest absolute Gasteiger partial charge is 0.207 e. The Morgan fingerprint density at radius 3 is 2.56 bits per heavy atom. The zero-order chi connectivity index (χ0) is 11.6. The van der Waals surface area contributed by atoms with Crippen LogP contribution in [0, 0.1) is 11.7 Å². The fraction of sp³-hybridized carbons (Fsp3) is 0.600. The first-order chi connectivity index (χ1) is 7.66. The van der Waals surface area contributed by atoms with Gasteiger partial charge in [0.1, 0.15) is 5.82 Å². The third-order valence-corrected chi connectivity index (χ3v) is 4.35. The van der Waals surface area contributed by atoms with Crippen molar-refractivity contribution in [2.75, 3.05) is 0 Å². The first-order valence-corrected chi connectivity index (χ1v) is 6.42. The molecule has 0 saturated heterocycles. The van der Waals surface area contributed by atoms with E-state index in [-0.39, 0.29) is 11.2 Å². The number of hydrogen-bond donors (Lipinski definition) is 0. The lowest BCUT2D eigenvalue weighted by Crippen LogP contribution is -2.30.